The van der Waals surface area contributed by atoms with Crippen molar-refractivity contribution in [1.29, 1.82) is 5.26 Å². The summed E-state index contributed by atoms with van der Waals surface area (Å²) in [6, 6.07) is 4.33. The van der Waals surface area contributed by atoms with Gasteiger partial charge in [0.2, 0.25) is 5.88 Å². The van der Waals surface area contributed by atoms with E-state index in [0.717, 1.165) is 45.2 Å². The van der Waals surface area contributed by atoms with Crippen LogP contribution in [0.2, 0.25) is 0 Å². The number of aromatic nitrogens is 1. The molecule has 0 radical (unpaired) electrons. The quantitative estimate of drug-likeness (QED) is 0.450. The van der Waals surface area contributed by atoms with Crippen LogP contribution in [0.1, 0.15) is 49.7 Å². The van der Waals surface area contributed by atoms with Gasteiger partial charge in [0.05, 0.1) is 34.0 Å². The first kappa shape index (κ1) is 27.9. The van der Waals surface area contributed by atoms with Crippen molar-refractivity contribution in [3.63, 3.8) is 0 Å². The van der Waals surface area contributed by atoms with Crippen molar-refractivity contribution in [2.24, 2.45) is 5.92 Å². The maximum absolute atomic E-state index is 17.2. The van der Waals surface area contributed by atoms with E-state index in [4.69, 9.17) is 20.9 Å². The fourth-order valence-electron chi connectivity index (χ4n) is 9.11. The zero-order valence-corrected chi connectivity index (χ0v) is 25.3. The van der Waals surface area contributed by atoms with Gasteiger partial charge in [-0.05, 0) is 74.6 Å². The van der Waals surface area contributed by atoms with Crippen LogP contribution in [-0.2, 0) is 0 Å². The molecule has 1 aromatic heterocycles. The van der Waals surface area contributed by atoms with Gasteiger partial charge in [0.1, 0.15) is 41.9 Å². The average Bonchev–Trinajstić information content (AvgIpc) is 3.58. The van der Waals surface area contributed by atoms with Crippen LogP contribution >= 0.6 is 0 Å². The number of nitrogens with zero attached hydrogens (tertiary/aromatic N) is 4. The standard InChI is InChI=1S/C36H33F2N5O3/c1-2-22-26(37)6-5-19-11-21(44)13-23(30(19)22)24-14-29-31-33(32(24)38)41-35(46-18-36-7-3-9-42(36)10-4-8-36)25(15-39)34(31)43-16-20-12-27(40-20)28(43)17-45-29/h1,5-6,13-14,19-20,27-28,40,44H,3-4,7-12,16-18H2. The molecule has 10 heteroatoms. The number of terminal acetylenes is 1. The van der Waals surface area contributed by atoms with Gasteiger partial charge < -0.3 is 24.8 Å². The zero-order chi connectivity index (χ0) is 31.3. The van der Waals surface area contributed by atoms with Crippen LogP contribution in [0.5, 0.6) is 11.6 Å². The van der Waals surface area contributed by atoms with Crippen LogP contribution in [0.15, 0.2) is 47.0 Å². The molecule has 2 bridgehead atoms. The number of aliphatic hydroxyl groups is 1. The number of rotatable bonds is 4. The number of piperazine rings is 1. The Kier molecular flexibility index (Phi) is 6.10. The molecule has 7 heterocycles. The Labute approximate surface area is 265 Å². The first-order valence-electron chi connectivity index (χ1n) is 16.2. The van der Waals surface area contributed by atoms with E-state index in [1.165, 1.54) is 12.2 Å². The first-order chi connectivity index (χ1) is 22.4. The van der Waals surface area contributed by atoms with Crippen LogP contribution in [0.4, 0.5) is 14.5 Å². The number of benzene rings is 1. The minimum atomic E-state index is -0.670. The Balaban J connectivity index is 1.27. The minimum Gasteiger partial charge on any atom is -0.512 e. The third-order valence-electron chi connectivity index (χ3n) is 11.3. The topological polar surface area (TPSA) is 93.9 Å². The number of anilines is 1. The van der Waals surface area contributed by atoms with Crippen LogP contribution in [-0.4, -0.2) is 71.5 Å². The minimum absolute atomic E-state index is 0.0118. The zero-order valence-electron chi connectivity index (χ0n) is 25.3. The van der Waals surface area contributed by atoms with Gasteiger partial charge in [-0.25, -0.2) is 13.8 Å². The first-order valence-corrected chi connectivity index (χ1v) is 16.2. The summed E-state index contributed by atoms with van der Waals surface area (Å²) in [4.78, 5) is 9.41. The summed E-state index contributed by atoms with van der Waals surface area (Å²) in [5.74, 6) is 1.31. The maximum Gasteiger partial charge on any atom is 0.234 e. The molecule has 5 saturated heterocycles. The lowest BCUT2D eigenvalue weighted by molar-refractivity contribution is 0.110. The van der Waals surface area contributed by atoms with Gasteiger partial charge in [0.15, 0.2) is 5.82 Å². The molecule has 4 unspecified atom stereocenters. The summed E-state index contributed by atoms with van der Waals surface area (Å²) >= 11 is 0. The highest BCUT2D eigenvalue weighted by Crippen LogP contribution is 2.50. The lowest BCUT2D eigenvalue weighted by atomic mass is 9.77. The molecule has 2 N–H and O–H groups in total. The normalized spacial score (nSPS) is 28.8. The second kappa shape index (κ2) is 10.1. The van der Waals surface area contributed by atoms with Crippen molar-refractivity contribution in [3.05, 3.63) is 64.0 Å². The lowest BCUT2D eigenvalue weighted by Crippen LogP contribution is -2.73. The van der Waals surface area contributed by atoms with Crippen molar-refractivity contribution in [1.82, 2.24) is 15.2 Å². The molecule has 6 aliphatic heterocycles. The molecule has 0 amide bonds. The Morgan fingerprint density at radius 3 is 2.83 bits per heavy atom. The number of hydrogen-bond acceptors (Lipinski definition) is 8. The van der Waals surface area contributed by atoms with Gasteiger partial charge in [0, 0.05) is 36.5 Å². The molecule has 4 atom stereocenters. The Hall–Kier alpha value is -4.38. The van der Waals surface area contributed by atoms with Crippen molar-refractivity contribution in [3.8, 4) is 30.0 Å². The number of piperidine rings is 1. The molecule has 0 saturated carbocycles. The van der Waals surface area contributed by atoms with Crippen molar-refractivity contribution in [2.75, 3.05) is 37.7 Å². The molecular formula is C36H33F2N5O3. The van der Waals surface area contributed by atoms with Crippen LogP contribution in [0.3, 0.4) is 0 Å². The number of pyridine rings is 1. The smallest absolute Gasteiger partial charge is 0.234 e. The molecule has 5 fully saturated rings. The monoisotopic (exact) mass is 621 g/mol. The SMILES string of the molecule is C#CC1=C(F)C=CC2CC(O)=CC(c3cc4c5c(c(C#N)c(OCC67CCCN6CCC7)nc5c3F)N3CC5CC(N5)C3CO4)=C12. The van der Waals surface area contributed by atoms with E-state index in [0.29, 0.717) is 42.2 Å². The summed E-state index contributed by atoms with van der Waals surface area (Å²) < 4.78 is 45.1. The molecule has 10 rings (SSSR count). The Morgan fingerprint density at radius 2 is 2.07 bits per heavy atom. The fourth-order valence-corrected chi connectivity index (χ4v) is 9.11. The van der Waals surface area contributed by atoms with E-state index in [1.54, 1.807) is 12.1 Å². The maximum atomic E-state index is 17.2. The number of nitriles is 1. The number of halogens is 2. The van der Waals surface area contributed by atoms with Crippen molar-refractivity contribution >= 4 is 22.2 Å². The summed E-state index contributed by atoms with van der Waals surface area (Å²) in [6.07, 6.45) is 15.6. The van der Waals surface area contributed by atoms with Crippen LogP contribution in [0, 0.1) is 35.4 Å². The lowest BCUT2D eigenvalue weighted by Gasteiger charge is -2.54. The largest absolute Gasteiger partial charge is 0.512 e. The number of ether oxygens (including phenoxy) is 2. The summed E-state index contributed by atoms with van der Waals surface area (Å²) in [6.45, 7) is 3.39. The van der Waals surface area contributed by atoms with Gasteiger partial charge in [-0.15, -0.1) is 6.42 Å². The molecule has 2 aliphatic carbocycles. The fraction of sp³-hybridized carbons (Fsp3) is 0.444. The second-order valence-corrected chi connectivity index (χ2v) is 13.7. The molecule has 46 heavy (non-hydrogen) atoms. The third kappa shape index (κ3) is 3.87. The molecule has 1 aromatic carbocycles. The average molecular weight is 622 g/mol. The predicted octanol–water partition coefficient (Wildman–Crippen LogP) is 5.21. The highest BCUT2D eigenvalue weighted by molar-refractivity contribution is 6.04. The molecular weight excluding hydrogens is 588 g/mol. The summed E-state index contributed by atoms with van der Waals surface area (Å²) in [7, 11) is 0. The number of fused-ring (bicyclic) bond motifs is 2. The highest BCUT2D eigenvalue weighted by atomic mass is 19.1. The number of allylic oxidation sites excluding steroid dienone is 8. The van der Waals surface area contributed by atoms with Gasteiger partial charge >= 0.3 is 0 Å². The molecule has 234 valence electrons. The molecule has 8 aliphatic rings. The second-order valence-electron chi connectivity index (χ2n) is 13.7. The van der Waals surface area contributed by atoms with Gasteiger partial charge in [-0.3, -0.25) is 4.90 Å². The van der Waals surface area contributed by atoms with Crippen LogP contribution in [0.25, 0.3) is 16.5 Å². The van der Waals surface area contributed by atoms with E-state index < -0.39 is 17.6 Å². The van der Waals surface area contributed by atoms with E-state index in [9.17, 15) is 10.4 Å². The number of aliphatic hydroxyl groups excluding tert-OH is 1. The third-order valence-corrected chi connectivity index (χ3v) is 11.3. The van der Waals surface area contributed by atoms with Gasteiger partial charge in [-0.1, -0.05) is 12.0 Å². The number of hydrogen-bond donors (Lipinski definition) is 2. The predicted molar refractivity (Wildman–Crippen MR) is 168 cm³/mol. The molecule has 2 aromatic rings. The van der Waals surface area contributed by atoms with Crippen molar-refractivity contribution < 1.29 is 23.4 Å². The summed E-state index contributed by atoms with van der Waals surface area (Å²) in [5, 5.41) is 25.4. The van der Waals surface area contributed by atoms with Gasteiger partial charge in [0.25, 0.3) is 0 Å². The Bertz CT molecular complexity index is 1920. The Morgan fingerprint density at radius 1 is 1.26 bits per heavy atom. The molecule has 8 nitrogen and oxygen atoms in total. The number of nitrogens with one attached hydrogen (secondary N) is 1. The highest BCUT2D eigenvalue weighted by Gasteiger charge is 2.49. The van der Waals surface area contributed by atoms with E-state index in [-0.39, 0.29) is 69.5 Å². The van der Waals surface area contributed by atoms with Crippen molar-refractivity contribution in [2.45, 2.75) is 62.2 Å². The van der Waals surface area contributed by atoms with Crippen LogP contribution < -0.4 is 19.7 Å². The molecule has 0 spiro atoms. The van der Waals surface area contributed by atoms with E-state index in [1.807, 2.05) is 0 Å². The van der Waals surface area contributed by atoms with E-state index in [2.05, 4.69) is 27.1 Å². The van der Waals surface area contributed by atoms with Gasteiger partial charge in [-0.2, -0.15) is 5.26 Å². The van der Waals surface area contributed by atoms with E-state index >= 15 is 8.78 Å². The summed E-state index contributed by atoms with van der Waals surface area (Å²) in [5.41, 5.74) is 1.63.